The van der Waals surface area contributed by atoms with E-state index < -0.39 is 0 Å². The van der Waals surface area contributed by atoms with Gasteiger partial charge in [-0.3, -0.25) is 0 Å². The van der Waals surface area contributed by atoms with Gasteiger partial charge < -0.3 is 21.9 Å². The molecule has 0 atom stereocenters. The van der Waals surface area contributed by atoms with Crippen LogP contribution in [-0.2, 0) is 0 Å². The van der Waals surface area contributed by atoms with E-state index in [1.807, 2.05) is 0 Å². The van der Waals surface area contributed by atoms with E-state index in [0.29, 0.717) is 28.6 Å². The number of ether oxygens (including phenoxy) is 1. The lowest BCUT2D eigenvalue weighted by Crippen LogP contribution is -1.92. The summed E-state index contributed by atoms with van der Waals surface area (Å²) in [5, 5.41) is 0. The molecular weight excluding hydrogens is 202 g/mol. The average Bonchev–Trinajstić information content (AvgIpc) is 2.20. The van der Waals surface area contributed by atoms with Gasteiger partial charge in [-0.1, -0.05) is 0 Å². The van der Waals surface area contributed by atoms with Crippen molar-refractivity contribution < 1.29 is 4.74 Å². The Kier molecular flexibility index (Phi) is 2.55. The number of anilines is 3. The maximum absolute atomic E-state index is 5.66. The molecule has 0 bridgehead atoms. The molecule has 6 N–H and O–H groups in total. The molecule has 0 fully saturated rings. The van der Waals surface area contributed by atoms with Crippen molar-refractivity contribution in [3.05, 3.63) is 42.5 Å². The Bertz CT molecular complexity index is 474. The van der Waals surface area contributed by atoms with Gasteiger partial charge >= 0.3 is 0 Å². The summed E-state index contributed by atoms with van der Waals surface area (Å²) < 4.78 is 5.58. The van der Waals surface area contributed by atoms with Gasteiger partial charge in [0.15, 0.2) is 0 Å². The molecule has 0 aromatic heterocycles. The van der Waals surface area contributed by atoms with Crippen LogP contribution >= 0.6 is 0 Å². The molecule has 2 aromatic rings. The second kappa shape index (κ2) is 4.02. The smallest absolute Gasteiger partial charge is 0.131 e. The van der Waals surface area contributed by atoms with E-state index in [2.05, 4.69) is 0 Å². The van der Waals surface area contributed by atoms with Crippen LogP contribution < -0.4 is 21.9 Å². The topological polar surface area (TPSA) is 87.3 Å². The predicted molar refractivity (Wildman–Crippen MR) is 66.2 cm³/mol. The van der Waals surface area contributed by atoms with Gasteiger partial charge in [-0.2, -0.15) is 0 Å². The third-order valence-electron chi connectivity index (χ3n) is 2.07. The summed E-state index contributed by atoms with van der Waals surface area (Å²) in [5.41, 5.74) is 18.7. The van der Waals surface area contributed by atoms with E-state index in [1.165, 1.54) is 0 Å². The number of hydrogen-bond donors (Lipinski definition) is 3. The van der Waals surface area contributed by atoms with E-state index >= 15 is 0 Å². The third kappa shape index (κ3) is 2.36. The van der Waals surface area contributed by atoms with Crippen molar-refractivity contribution in [1.82, 2.24) is 0 Å². The van der Waals surface area contributed by atoms with Crippen LogP contribution in [0.4, 0.5) is 17.1 Å². The number of nitrogens with two attached hydrogens (primary N) is 3. The summed E-state index contributed by atoms with van der Waals surface area (Å²) in [5.74, 6) is 1.31. The summed E-state index contributed by atoms with van der Waals surface area (Å²) in [6, 6.07) is 12.2. The molecule has 4 heteroatoms. The minimum Gasteiger partial charge on any atom is -0.457 e. The van der Waals surface area contributed by atoms with Crippen molar-refractivity contribution in [3.63, 3.8) is 0 Å². The lowest BCUT2D eigenvalue weighted by Gasteiger charge is -2.07. The van der Waals surface area contributed by atoms with Crippen molar-refractivity contribution >= 4 is 17.1 Å². The first-order valence-corrected chi connectivity index (χ1v) is 4.83. The SMILES string of the molecule is Nc1ccc(Oc2cc(N)cc(N)c2)cc1. The van der Waals surface area contributed by atoms with E-state index in [-0.39, 0.29) is 0 Å². The summed E-state index contributed by atoms with van der Waals surface area (Å²) in [7, 11) is 0. The van der Waals surface area contributed by atoms with Crippen LogP contribution in [0.3, 0.4) is 0 Å². The van der Waals surface area contributed by atoms with Gasteiger partial charge in [0.05, 0.1) is 0 Å². The van der Waals surface area contributed by atoms with Crippen LogP contribution in [0, 0.1) is 0 Å². The van der Waals surface area contributed by atoms with E-state index in [9.17, 15) is 0 Å². The number of nitrogen functional groups attached to an aromatic ring is 3. The highest BCUT2D eigenvalue weighted by molar-refractivity contribution is 5.57. The highest BCUT2D eigenvalue weighted by atomic mass is 16.5. The molecule has 2 rings (SSSR count). The average molecular weight is 215 g/mol. The Morgan fingerprint density at radius 3 is 1.75 bits per heavy atom. The summed E-state index contributed by atoms with van der Waals surface area (Å²) in [6.45, 7) is 0. The molecule has 0 amide bonds. The predicted octanol–water partition coefficient (Wildman–Crippen LogP) is 2.23. The van der Waals surface area contributed by atoms with Gasteiger partial charge in [0, 0.05) is 29.2 Å². The first-order chi connectivity index (χ1) is 7.63. The standard InChI is InChI=1S/C12H13N3O/c13-8-1-3-11(4-2-8)16-12-6-9(14)5-10(15)7-12/h1-7H,13-15H2. The zero-order valence-corrected chi connectivity index (χ0v) is 8.68. The molecule has 0 unspecified atom stereocenters. The highest BCUT2D eigenvalue weighted by Gasteiger charge is 1.99. The van der Waals surface area contributed by atoms with E-state index in [0.717, 1.165) is 0 Å². The van der Waals surface area contributed by atoms with Crippen LogP contribution in [-0.4, -0.2) is 0 Å². The zero-order chi connectivity index (χ0) is 11.5. The van der Waals surface area contributed by atoms with Crippen molar-refractivity contribution in [3.8, 4) is 11.5 Å². The highest BCUT2D eigenvalue weighted by Crippen LogP contribution is 2.26. The summed E-state index contributed by atoms with van der Waals surface area (Å²) >= 11 is 0. The Balaban J connectivity index is 2.23. The molecule has 4 nitrogen and oxygen atoms in total. The van der Waals surface area contributed by atoms with Gasteiger partial charge in [0.2, 0.25) is 0 Å². The Labute approximate surface area is 93.6 Å². The fourth-order valence-electron chi connectivity index (χ4n) is 1.38. The van der Waals surface area contributed by atoms with Gasteiger partial charge in [-0.25, -0.2) is 0 Å². The second-order valence-electron chi connectivity index (χ2n) is 3.51. The molecule has 0 saturated heterocycles. The Morgan fingerprint density at radius 1 is 0.625 bits per heavy atom. The van der Waals surface area contributed by atoms with Crippen LogP contribution in [0.2, 0.25) is 0 Å². The quantitative estimate of drug-likeness (QED) is 0.670. The van der Waals surface area contributed by atoms with Crippen molar-refractivity contribution in [2.45, 2.75) is 0 Å². The molecular formula is C12H13N3O. The molecule has 2 aromatic carbocycles. The fraction of sp³-hybridized carbons (Fsp3) is 0. The molecule has 0 aliphatic rings. The Morgan fingerprint density at radius 2 is 1.19 bits per heavy atom. The summed E-state index contributed by atoms with van der Waals surface area (Å²) in [6.07, 6.45) is 0. The van der Waals surface area contributed by atoms with Gasteiger partial charge in [-0.05, 0) is 30.3 Å². The maximum atomic E-state index is 5.66. The Hall–Kier alpha value is -2.36. The maximum Gasteiger partial charge on any atom is 0.131 e. The minimum atomic E-state index is 0.574. The number of rotatable bonds is 2. The van der Waals surface area contributed by atoms with E-state index in [1.54, 1.807) is 42.5 Å². The minimum absolute atomic E-state index is 0.574. The molecule has 0 aliphatic heterocycles. The van der Waals surface area contributed by atoms with Crippen molar-refractivity contribution in [2.75, 3.05) is 17.2 Å². The largest absolute Gasteiger partial charge is 0.457 e. The van der Waals surface area contributed by atoms with Crippen LogP contribution in [0.15, 0.2) is 42.5 Å². The fourth-order valence-corrected chi connectivity index (χ4v) is 1.38. The number of benzene rings is 2. The second-order valence-corrected chi connectivity index (χ2v) is 3.51. The summed E-state index contributed by atoms with van der Waals surface area (Å²) in [4.78, 5) is 0. The molecule has 82 valence electrons. The van der Waals surface area contributed by atoms with E-state index in [4.69, 9.17) is 21.9 Å². The van der Waals surface area contributed by atoms with Crippen molar-refractivity contribution in [1.29, 1.82) is 0 Å². The number of hydrogen-bond acceptors (Lipinski definition) is 4. The zero-order valence-electron chi connectivity index (χ0n) is 8.68. The monoisotopic (exact) mass is 215 g/mol. The van der Waals surface area contributed by atoms with Gasteiger partial charge in [-0.15, -0.1) is 0 Å². The molecule has 0 aliphatic carbocycles. The third-order valence-corrected chi connectivity index (χ3v) is 2.07. The molecule has 0 saturated carbocycles. The normalized spacial score (nSPS) is 10.0. The molecule has 0 radical (unpaired) electrons. The molecule has 16 heavy (non-hydrogen) atoms. The molecule has 0 heterocycles. The van der Waals surface area contributed by atoms with Crippen LogP contribution in [0.25, 0.3) is 0 Å². The lowest BCUT2D eigenvalue weighted by molar-refractivity contribution is 0.483. The first-order valence-electron chi connectivity index (χ1n) is 4.83. The van der Waals surface area contributed by atoms with Crippen molar-refractivity contribution in [2.24, 2.45) is 0 Å². The van der Waals surface area contributed by atoms with Crippen LogP contribution in [0.5, 0.6) is 11.5 Å². The van der Waals surface area contributed by atoms with Gasteiger partial charge in [0.1, 0.15) is 11.5 Å². The lowest BCUT2D eigenvalue weighted by atomic mass is 10.2. The van der Waals surface area contributed by atoms with Gasteiger partial charge in [0.25, 0.3) is 0 Å². The van der Waals surface area contributed by atoms with Crippen LogP contribution in [0.1, 0.15) is 0 Å². The first kappa shape index (κ1) is 10.2. The molecule has 0 spiro atoms.